The number of hydrogen-bond donors (Lipinski definition) is 0. The van der Waals surface area contributed by atoms with Crippen molar-refractivity contribution < 1.29 is 9.90 Å². The van der Waals surface area contributed by atoms with Crippen molar-refractivity contribution in [3.8, 4) is 0 Å². The third-order valence-electron chi connectivity index (χ3n) is 1.52. The first kappa shape index (κ1) is 10.5. The van der Waals surface area contributed by atoms with Gasteiger partial charge < -0.3 is 0 Å². The molecule has 0 unspecified atom stereocenters. The molecule has 0 fully saturated rings. The van der Waals surface area contributed by atoms with E-state index in [1.54, 1.807) is 13.8 Å². The zero-order chi connectivity index (χ0) is 9.28. The van der Waals surface area contributed by atoms with Crippen LogP contribution in [0.3, 0.4) is 0 Å². The summed E-state index contributed by atoms with van der Waals surface area (Å²) in [6.07, 6.45) is 0.641. The summed E-state index contributed by atoms with van der Waals surface area (Å²) in [6, 6.07) is 0. The SMILES string of the molecule is CC(C)(C)CC(C)(C)C([O])=O. The maximum atomic E-state index is 10.6. The molecule has 0 aromatic heterocycles. The molecule has 0 saturated carbocycles. The van der Waals surface area contributed by atoms with E-state index in [1.165, 1.54) is 0 Å². The quantitative estimate of drug-likeness (QED) is 0.606. The molecule has 0 bridgehead atoms. The van der Waals surface area contributed by atoms with E-state index in [9.17, 15) is 9.90 Å². The second kappa shape index (κ2) is 2.84. The maximum absolute atomic E-state index is 10.6. The van der Waals surface area contributed by atoms with Gasteiger partial charge in [-0.1, -0.05) is 20.8 Å². The van der Waals surface area contributed by atoms with Crippen LogP contribution >= 0.6 is 0 Å². The Labute approximate surface area is 68.6 Å². The Morgan fingerprint density at radius 3 is 1.55 bits per heavy atom. The van der Waals surface area contributed by atoms with Crippen molar-refractivity contribution in [2.24, 2.45) is 10.8 Å². The number of carbonyl (C=O) groups is 1. The molecule has 0 rings (SSSR count). The van der Waals surface area contributed by atoms with Gasteiger partial charge in [-0.05, 0) is 25.7 Å². The van der Waals surface area contributed by atoms with Crippen molar-refractivity contribution in [3.63, 3.8) is 0 Å². The highest BCUT2D eigenvalue weighted by Crippen LogP contribution is 2.33. The van der Waals surface area contributed by atoms with Crippen molar-refractivity contribution in [2.45, 2.75) is 41.0 Å². The number of hydrogen-bond acceptors (Lipinski definition) is 1. The van der Waals surface area contributed by atoms with Crippen LogP contribution in [0.25, 0.3) is 0 Å². The molecule has 0 N–H and O–H groups in total. The molecule has 0 aliphatic heterocycles. The molecule has 0 heterocycles. The van der Waals surface area contributed by atoms with Crippen LogP contribution in [-0.4, -0.2) is 5.97 Å². The highest BCUT2D eigenvalue weighted by Gasteiger charge is 2.33. The van der Waals surface area contributed by atoms with Crippen molar-refractivity contribution in [2.75, 3.05) is 0 Å². The van der Waals surface area contributed by atoms with Gasteiger partial charge in [-0.3, -0.25) is 0 Å². The summed E-state index contributed by atoms with van der Waals surface area (Å²) in [5, 5.41) is 10.6. The van der Waals surface area contributed by atoms with Crippen molar-refractivity contribution >= 4 is 5.97 Å². The van der Waals surface area contributed by atoms with Gasteiger partial charge in [-0.15, -0.1) is 0 Å². The summed E-state index contributed by atoms with van der Waals surface area (Å²) in [7, 11) is 0. The minimum absolute atomic E-state index is 0.0452. The Balaban J connectivity index is 4.25. The third-order valence-corrected chi connectivity index (χ3v) is 1.52. The van der Waals surface area contributed by atoms with Gasteiger partial charge >= 0.3 is 5.97 Å². The van der Waals surface area contributed by atoms with Gasteiger partial charge in [0.15, 0.2) is 0 Å². The molecule has 0 aliphatic carbocycles. The lowest BCUT2D eigenvalue weighted by atomic mass is 9.76. The maximum Gasteiger partial charge on any atom is 0.361 e. The minimum Gasteiger partial charge on any atom is -0.247 e. The molecule has 2 heteroatoms. The molecule has 0 aromatic rings. The fraction of sp³-hybridized carbons (Fsp3) is 0.889. The fourth-order valence-corrected chi connectivity index (χ4v) is 1.40. The predicted molar refractivity (Wildman–Crippen MR) is 43.5 cm³/mol. The van der Waals surface area contributed by atoms with Crippen LogP contribution in [0.4, 0.5) is 0 Å². The minimum atomic E-state index is -0.965. The first-order valence-corrected chi connectivity index (χ1v) is 3.87. The van der Waals surface area contributed by atoms with Crippen molar-refractivity contribution in [1.82, 2.24) is 0 Å². The molecule has 2 nitrogen and oxygen atoms in total. The highest BCUT2D eigenvalue weighted by molar-refractivity contribution is 5.73. The molecular weight excluding hydrogens is 140 g/mol. The van der Waals surface area contributed by atoms with Gasteiger partial charge in [0.2, 0.25) is 0 Å². The van der Waals surface area contributed by atoms with Crippen LogP contribution in [0.1, 0.15) is 41.0 Å². The van der Waals surface area contributed by atoms with Gasteiger partial charge in [0.25, 0.3) is 0 Å². The van der Waals surface area contributed by atoms with Crippen molar-refractivity contribution in [3.05, 3.63) is 0 Å². The summed E-state index contributed by atoms with van der Waals surface area (Å²) in [6.45, 7) is 9.48. The van der Waals surface area contributed by atoms with Gasteiger partial charge in [0, 0.05) is 0 Å². The van der Waals surface area contributed by atoms with Crippen LogP contribution in [0.5, 0.6) is 0 Å². The molecule has 0 aromatic carbocycles. The molecular formula is C9H17O2. The Morgan fingerprint density at radius 2 is 1.45 bits per heavy atom. The summed E-state index contributed by atoms with van der Waals surface area (Å²) >= 11 is 0. The van der Waals surface area contributed by atoms with Crippen LogP contribution < -0.4 is 0 Å². The smallest absolute Gasteiger partial charge is 0.247 e. The van der Waals surface area contributed by atoms with E-state index in [0.29, 0.717) is 6.42 Å². The Hall–Kier alpha value is -0.530. The molecule has 0 spiro atoms. The number of carbonyl (C=O) groups excluding carboxylic acids is 1. The lowest BCUT2D eigenvalue weighted by molar-refractivity contribution is -0.155. The van der Waals surface area contributed by atoms with Crippen LogP contribution in [0.2, 0.25) is 0 Å². The lowest BCUT2D eigenvalue weighted by Crippen LogP contribution is -2.28. The summed E-state index contributed by atoms with van der Waals surface area (Å²) in [5.41, 5.74) is -0.665. The molecule has 11 heavy (non-hydrogen) atoms. The Bertz CT molecular complexity index is 151. The molecule has 1 radical (unpaired) electrons. The van der Waals surface area contributed by atoms with Crippen LogP contribution in [-0.2, 0) is 9.90 Å². The molecule has 0 aliphatic rings. The second-order valence-electron chi connectivity index (χ2n) is 4.91. The molecule has 0 saturated heterocycles. The van der Waals surface area contributed by atoms with Gasteiger partial charge in [0.1, 0.15) is 0 Å². The van der Waals surface area contributed by atoms with E-state index >= 15 is 0 Å². The van der Waals surface area contributed by atoms with E-state index < -0.39 is 11.4 Å². The van der Waals surface area contributed by atoms with Crippen LogP contribution in [0.15, 0.2) is 0 Å². The average Bonchev–Trinajstić information content (AvgIpc) is 1.56. The predicted octanol–water partition coefficient (Wildman–Crippen LogP) is 2.41. The molecule has 0 amide bonds. The zero-order valence-corrected chi connectivity index (χ0v) is 8.02. The second-order valence-corrected chi connectivity index (χ2v) is 4.91. The highest BCUT2D eigenvalue weighted by atomic mass is 16.4. The van der Waals surface area contributed by atoms with Gasteiger partial charge in [-0.25, -0.2) is 9.90 Å². The third kappa shape index (κ3) is 4.02. The summed E-state index contributed by atoms with van der Waals surface area (Å²) < 4.78 is 0. The van der Waals surface area contributed by atoms with E-state index in [1.807, 2.05) is 20.8 Å². The average molecular weight is 157 g/mol. The Kier molecular flexibility index (Phi) is 2.70. The van der Waals surface area contributed by atoms with E-state index in [-0.39, 0.29) is 5.41 Å². The summed E-state index contributed by atoms with van der Waals surface area (Å²) in [5.74, 6) is -0.965. The summed E-state index contributed by atoms with van der Waals surface area (Å²) in [4.78, 5) is 10.6. The van der Waals surface area contributed by atoms with E-state index in [0.717, 1.165) is 0 Å². The topological polar surface area (TPSA) is 37.0 Å². The van der Waals surface area contributed by atoms with E-state index in [4.69, 9.17) is 0 Å². The fourth-order valence-electron chi connectivity index (χ4n) is 1.40. The lowest BCUT2D eigenvalue weighted by Gasteiger charge is -2.27. The van der Waals surface area contributed by atoms with E-state index in [2.05, 4.69) is 0 Å². The normalized spacial score (nSPS) is 13.2. The van der Waals surface area contributed by atoms with Crippen LogP contribution in [0, 0.1) is 10.8 Å². The standard InChI is InChI=1S/C9H17O2/c1-8(2,3)6-9(4,5)7(10)11/h6H2,1-5H3. The monoisotopic (exact) mass is 157 g/mol. The van der Waals surface area contributed by atoms with Gasteiger partial charge in [-0.2, -0.15) is 0 Å². The Morgan fingerprint density at radius 1 is 1.09 bits per heavy atom. The molecule has 0 atom stereocenters. The number of rotatable bonds is 2. The zero-order valence-electron chi connectivity index (χ0n) is 8.02. The van der Waals surface area contributed by atoms with Gasteiger partial charge in [0.05, 0.1) is 5.41 Å². The first-order chi connectivity index (χ1) is 4.65. The largest absolute Gasteiger partial charge is 0.361 e. The van der Waals surface area contributed by atoms with Crippen molar-refractivity contribution in [1.29, 1.82) is 0 Å². The first-order valence-electron chi connectivity index (χ1n) is 3.87. The molecule has 65 valence electrons.